The molecule has 2 unspecified atom stereocenters. The third-order valence-corrected chi connectivity index (χ3v) is 7.39. The van der Waals surface area contributed by atoms with Crippen molar-refractivity contribution in [3.63, 3.8) is 0 Å². The van der Waals surface area contributed by atoms with Gasteiger partial charge in [0.2, 0.25) is 5.91 Å². The van der Waals surface area contributed by atoms with Gasteiger partial charge in [-0.2, -0.15) is 5.10 Å². The van der Waals surface area contributed by atoms with Crippen LogP contribution >= 0.6 is 0 Å². The summed E-state index contributed by atoms with van der Waals surface area (Å²) in [7, 11) is 0. The summed E-state index contributed by atoms with van der Waals surface area (Å²) >= 11 is 0. The molecule has 41 heavy (non-hydrogen) atoms. The van der Waals surface area contributed by atoms with Gasteiger partial charge in [0.05, 0.1) is 17.5 Å². The largest absolute Gasteiger partial charge is 0.508 e. The Kier molecular flexibility index (Phi) is 7.22. The van der Waals surface area contributed by atoms with E-state index in [9.17, 15) is 9.90 Å². The Morgan fingerprint density at radius 3 is 2.49 bits per heavy atom. The van der Waals surface area contributed by atoms with Crippen molar-refractivity contribution in [1.29, 1.82) is 0 Å². The number of piperidine rings is 1. The summed E-state index contributed by atoms with van der Waals surface area (Å²) in [4.78, 5) is 23.9. The van der Waals surface area contributed by atoms with E-state index in [1.807, 2.05) is 64.2 Å². The molecule has 0 bridgehead atoms. The van der Waals surface area contributed by atoms with Gasteiger partial charge in [0.1, 0.15) is 35.1 Å². The van der Waals surface area contributed by atoms with Crippen molar-refractivity contribution < 1.29 is 14.6 Å². The van der Waals surface area contributed by atoms with E-state index in [1.54, 1.807) is 24.3 Å². The van der Waals surface area contributed by atoms with Gasteiger partial charge in [-0.15, -0.1) is 0 Å². The molecule has 10 heteroatoms. The van der Waals surface area contributed by atoms with Crippen molar-refractivity contribution in [2.45, 2.75) is 31.3 Å². The van der Waals surface area contributed by atoms with Gasteiger partial charge in [0.15, 0.2) is 5.65 Å². The van der Waals surface area contributed by atoms with Gasteiger partial charge in [-0.25, -0.2) is 14.6 Å². The lowest BCUT2D eigenvalue weighted by Gasteiger charge is -2.34. The summed E-state index contributed by atoms with van der Waals surface area (Å²) in [5.74, 6) is 1.88. The average Bonchev–Trinajstić information content (AvgIpc) is 3.40. The fraction of sp³-hybridized carbons (Fsp3) is 0.226. The summed E-state index contributed by atoms with van der Waals surface area (Å²) in [6, 6.07) is 23.2. The van der Waals surface area contributed by atoms with Crippen molar-refractivity contribution in [2.75, 3.05) is 18.8 Å². The number of nitrogen functional groups attached to an aromatic ring is 1. The first-order valence-electron chi connectivity index (χ1n) is 13.6. The van der Waals surface area contributed by atoms with E-state index in [2.05, 4.69) is 9.97 Å². The molecule has 5 aromatic rings. The van der Waals surface area contributed by atoms with Crippen molar-refractivity contribution in [2.24, 2.45) is 5.73 Å². The highest BCUT2D eigenvalue weighted by molar-refractivity contribution is 5.98. The first-order valence-corrected chi connectivity index (χ1v) is 13.6. The number of phenols is 1. The normalized spacial score (nSPS) is 16.0. The number of hydrogen-bond donors (Lipinski definition) is 3. The van der Waals surface area contributed by atoms with Gasteiger partial charge in [-0.1, -0.05) is 30.3 Å². The topological polar surface area (TPSA) is 145 Å². The van der Waals surface area contributed by atoms with Crippen LogP contribution in [0.15, 0.2) is 85.2 Å². The van der Waals surface area contributed by atoms with Crippen molar-refractivity contribution in [3.8, 4) is 28.5 Å². The molecular formula is C31H31N7O3. The molecule has 0 aliphatic carbocycles. The quantitative estimate of drug-likeness (QED) is 0.272. The minimum Gasteiger partial charge on any atom is -0.508 e. The predicted octanol–water partition coefficient (Wildman–Crippen LogP) is 4.31. The van der Waals surface area contributed by atoms with Crippen molar-refractivity contribution >= 4 is 22.8 Å². The maximum atomic E-state index is 13.3. The number of hydrogen-bond acceptors (Lipinski definition) is 8. The van der Waals surface area contributed by atoms with Crippen LogP contribution in [0.3, 0.4) is 0 Å². The number of carbonyl (C=O) groups is 1. The zero-order chi connectivity index (χ0) is 28.3. The van der Waals surface area contributed by atoms with Gasteiger partial charge in [0, 0.05) is 18.7 Å². The second kappa shape index (κ2) is 11.3. The SMILES string of the molecule is Nc1ncnc2c1c(-c1ccc(Oc3ccccc3)cc1)nn2C1CCCN(C(=O)C(N)Cc2ccc(O)cc2)C1. The van der Waals surface area contributed by atoms with E-state index in [4.69, 9.17) is 21.3 Å². The zero-order valence-corrected chi connectivity index (χ0v) is 22.4. The van der Waals surface area contributed by atoms with Gasteiger partial charge < -0.3 is 26.2 Å². The Bertz CT molecular complexity index is 1650. The standard InChI is InChI=1S/C31H31N7O3/c32-26(17-20-8-12-23(39)13-9-20)31(40)37-16-4-5-22(18-37)38-30-27(29(33)34-19-35-30)28(36-38)21-10-14-25(15-11-21)41-24-6-2-1-3-7-24/h1-3,6-15,19,22,26,39H,4-5,16-18,32H2,(H2,33,34,35). The number of aromatic nitrogens is 4. The molecule has 6 rings (SSSR count). The van der Waals surface area contributed by atoms with E-state index >= 15 is 0 Å². The highest BCUT2D eigenvalue weighted by atomic mass is 16.5. The number of ether oxygens (including phenoxy) is 1. The molecule has 3 heterocycles. The van der Waals surface area contributed by atoms with Crippen LogP contribution in [0.25, 0.3) is 22.3 Å². The minimum absolute atomic E-state index is 0.0974. The molecule has 1 aliphatic heterocycles. The van der Waals surface area contributed by atoms with Crippen LogP contribution in [0.1, 0.15) is 24.4 Å². The van der Waals surface area contributed by atoms with Crippen molar-refractivity contribution in [1.82, 2.24) is 24.6 Å². The highest BCUT2D eigenvalue weighted by Crippen LogP contribution is 2.35. The van der Waals surface area contributed by atoms with E-state index in [1.165, 1.54) is 6.33 Å². The first-order chi connectivity index (χ1) is 20.0. The first kappa shape index (κ1) is 26.3. The summed E-state index contributed by atoms with van der Waals surface area (Å²) in [6.45, 7) is 1.09. The van der Waals surface area contributed by atoms with E-state index in [0.29, 0.717) is 47.8 Å². The number of fused-ring (bicyclic) bond motifs is 1. The van der Waals surface area contributed by atoms with Gasteiger partial charge >= 0.3 is 0 Å². The van der Waals surface area contributed by atoms with Crippen molar-refractivity contribution in [3.05, 3.63) is 90.8 Å². The lowest BCUT2D eigenvalue weighted by Crippen LogP contribution is -2.49. The Morgan fingerprint density at radius 1 is 1.00 bits per heavy atom. The Balaban J connectivity index is 1.24. The summed E-state index contributed by atoms with van der Waals surface area (Å²) in [6.07, 6.45) is 3.48. The molecular weight excluding hydrogens is 518 g/mol. The minimum atomic E-state index is -0.683. The number of anilines is 1. The maximum absolute atomic E-state index is 13.3. The van der Waals surface area contributed by atoms with Gasteiger partial charge in [-0.3, -0.25) is 4.79 Å². The summed E-state index contributed by atoms with van der Waals surface area (Å²) < 4.78 is 7.82. The van der Waals surface area contributed by atoms with Crippen LogP contribution < -0.4 is 16.2 Å². The zero-order valence-electron chi connectivity index (χ0n) is 22.4. The number of aromatic hydroxyl groups is 1. The second-order valence-electron chi connectivity index (χ2n) is 10.2. The Labute approximate surface area is 237 Å². The lowest BCUT2D eigenvalue weighted by atomic mass is 10.0. The van der Waals surface area contributed by atoms with Crippen LogP contribution in [0, 0.1) is 0 Å². The monoisotopic (exact) mass is 549 g/mol. The van der Waals surface area contributed by atoms with E-state index in [-0.39, 0.29) is 17.7 Å². The number of nitrogens with two attached hydrogens (primary N) is 2. The molecule has 208 valence electrons. The van der Waals surface area contributed by atoms with Crippen LogP contribution in [-0.4, -0.2) is 54.8 Å². The predicted molar refractivity (Wildman–Crippen MR) is 156 cm³/mol. The summed E-state index contributed by atoms with van der Waals surface area (Å²) in [5, 5.41) is 15.2. The molecule has 10 nitrogen and oxygen atoms in total. The molecule has 3 aromatic carbocycles. The molecule has 0 spiro atoms. The molecule has 5 N–H and O–H groups in total. The third kappa shape index (κ3) is 5.55. The smallest absolute Gasteiger partial charge is 0.239 e. The maximum Gasteiger partial charge on any atom is 0.239 e. The third-order valence-electron chi connectivity index (χ3n) is 7.39. The number of nitrogens with zero attached hydrogens (tertiary/aromatic N) is 5. The van der Waals surface area contributed by atoms with Crippen LogP contribution in [-0.2, 0) is 11.2 Å². The van der Waals surface area contributed by atoms with Gasteiger partial charge in [-0.05, 0) is 73.4 Å². The fourth-order valence-corrected chi connectivity index (χ4v) is 5.32. The summed E-state index contributed by atoms with van der Waals surface area (Å²) in [5.41, 5.74) is 15.7. The van der Waals surface area contributed by atoms with E-state index < -0.39 is 6.04 Å². The van der Waals surface area contributed by atoms with Crippen LogP contribution in [0.5, 0.6) is 17.2 Å². The molecule has 1 aliphatic rings. The van der Waals surface area contributed by atoms with Crippen LogP contribution in [0.4, 0.5) is 5.82 Å². The Morgan fingerprint density at radius 2 is 1.73 bits per heavy atom. The molecule has 1 amide bonds. The number of rotatable bonds is 7. The number of para-hydroxylation sites is 1. The van der Waals surface area contributed by atoms with Crippen LogP contribution in [0.2, 0.25) is 0 Å². The lowest BCUT2D eigenvalue weighted by molar-refractivity contribution is -0.134. The fourth-order valence-electron chi connectivity index (χ4n) is 5.32. The molecule has 0 radical (unpaired) electrons. The Hall–Kier alpha value is -4.96. The molecule has 1 fully saturated rings. The molecule has 2 atom stereocenters. The van der Waals surface area contributed by atoms with Gasteiger partial charge in [0.25, 0.3) is 0 Å². The number of likely N-dealkylation sites (tertiary alicyclic amines) is 1. The number of benzene rings is 3. The van der Waals surface area contributed by atoms with E-state index in [0.717, 1.165) is 29.7 Å². The number of amides is 1. The number of carbonyl (C=O) groups excluding carboxylic acids is 1. The number of phenolic OH excluding ortho intramolecular Hbond substituents is 1. The highest BCUT2D eigenvalue weighted by Gasteiger charge is 2.30. The molecule has 1 saturated heterocycles. The molecule has 0 saturated carbocycles. The second-order valence-corrected chi connectivity index (χ2v) is 10.2. The average molecular weight is 550 g/mol. The molecule has 2 aromatic heterocycles.